The van der Waals surface area contributed by atoms with Gasteiger partial charge in [0, 0.05) is 31.7 Å². The molecule has 0 aliphatic rings. The van der Waals surface area contributed by atoms with E-state index in [0.29, 0.717) is 37.3 Å². The van der Waals surface area contributed by atoms with E-state index in [9.17, 15) is 9.90 Å². The third-order valence-corrected chi connectivity index (χ3v) is 3.60. The second-order valence-corrected chi connectivity index (χ2v) is 5.08. The van der Waals surface area contributed by atoms with E-state index >= 15 is 0 Å². The van der Waals surface area contributed by atoms with E-state index in [2.05, 4.69) is 5.32 Å². The molecule has 0 aliphatic carbocycles. The van der Waals surface area contributed by atoms with Crippen molar-refractivity contribution in [1.29, 1.82) is 0 Å². The Morgan fingerprint density at radius 1 is 1.41 bits per heavy atom. The molecule has 1 aromatic carbocycles. The molecule has 0 fully saturated rings. The van der Waals surface area contributed by atoms with Gasteiger partial charge in [-0.3, -0.25) is 0 Å². The van der Waals surface area contributed by atoms with E-state index in [4.69, 9.17) is 20.8 Å². The molecule has 5 nitrogen and oxygen atoms in total. The van der Waals surface area contributed by atoms with E-state index < -0.39 is 5.63 Å². The molecule has 2 N–H and O–H groups in total. The lowest BCUT2D eigenvalue weighted by molar-refractivity contribution is 0.199. The van der Waals surface area contributed by atoms with E-state index in [1.165, 1.54) is 6.07 Å². The average molecular weight is 348 g/mol. The Kier molecular flexibility index (Phi) is 7.16. The van der Waals surface area contributed by atoms with E-state index in [0.717, 1.165) is 10.9 Å². The molecule has 0 spiro atoms. The summed E-state index contributed by atoms with van der Waals surface area (Å²) < 4.78 is 10.2. The second-order valence-electron chi connectivity index (χ2n) is 4.68. The largest absolute Gasteiger partial charge is 0.506 e. The number of hydrogen-bond acceptors (Lipinski definition) is 5. The Labute approximate surface area is 139 Å². The first-order chi connectivity index (χ1) is 10.1. The van der Waals surface area contributed by atoms with Crippen molar-refractivity contribution in [2.75, 3.05) is 20.3 Å². The van der Waals surface area contributed by atoms with E-state index in [1.807, 2.05) is 6.92 Å². The summed E-state index contributed by atoms with van der Waals surface area (Å²) in [5.74, 6) is -0.0644. The molecular weight excluding hydrogens is 329 g/mol. The van der Waals surface area contributed by atoms with Crippen molar-refractivity contribution >= 4 is 35.0 Å². The zero-order valence-corrected chi connectivity index (χ0v) is 14.0. The van der Waals surface area contributed by atoms with Crippen LogP contribution in [0.25, 0.3) is 11.0 Å². The number of aromatic hydroxyl groups is 1. The Hall–Kier alpha value is -1.27. The first kappa shape index (κ1) is 18.8. The highest BCUT2D eigenvalue weighted by atomic mass is 35.5. The van der Waals surface area contributed by atoms with Gasteiger partial charge < -0.3 is 19.6 Å². The molecule has 1 heterocycles. The van der Waals surface area contributed by atoms with Gasteiger partial charge in [0.25, 0.3) is 0 Å². The molecule has 0 bridgehead atoms. The summed E-state index contributed by atoms with van der Waals surface area (Å²) in [6, 6.07) is 3.09. The van der Waals surface area contributed by atoms with Gasteiger partial charge in [-0.15, -0.1) is 12.4 Å². The topological polar surface area (TPSA) is 71.7 Å². The molecule has 2 aromatic rings. The number of halogens is 2. The fraction of sp³-hybridized carbons (Fsp3) is 0.400. The van der Waals surface area contributed by atoms with Gasteiger partial charge in [-0.2, -0.15) is 0 Å². The van der Waals surface area contributed by atoms with Crippen LogP contribution in [0.2, 0.25) is 5.02 Å². The zero-order valence-electron chi connectivity index (χ0n) is 12.4. The van der Waals surface area contributed by atoms with Crippen LogP contribution in [0.15, 0.2) is 21.3 Å². The first-order valence-electron chi connectivity index (χ1n) is 6.75. The van der Waals surface area contributed by atoms with Crippen molar-refractivity contribution in [3.63, 3.8) is 0 Å². The lowest BCUT2D eigenvalue weighted by Crippen LogP contribution is -2.19. The normalized spacial score (nSPS) is 10.7. The van der Waals surface area contributed by atoms with Crippen LogP contribution < -0.4 is 10.9 Å². The molecule has 1 aromatic heterocycles. The summed E-state index contributed by atoms with van der Waals surface area (Å²) in [6.45, 7) is 3.44. The first-order valence-corrected chi connectivity index (χ1v) is 7.13. The van der Waals surface area contributed by atoms with E-state index in [-0.39, 0.29) is 23.2 Å². The molecule has 122 valence electrons. The number of phenolic OH excluding ortho intramolecular Hbond substituents is 1. The molecule has 0 aliphatic heterocycles. The van der Waals surface area contributed by atoms with Gasteiger partial charge in [-0.25, -0.2) is 4.79 Å². The number of phenols is 1. The maximum absolute atomic E-state index is 11.7. The Balaban J connectivity index is 0.00000242. The number of nitrogens with one attached hydrogen (secondary N) is 1. The maximum Gasteiger partial charge on any atom is 0.336 e. The van der Waals surface area contributed by atoms with Crippen molar-refractivity contribution in [3.05, 3.63) is 38.7 Å². The third-order valence-electron chi connectivity index (χ3n) is 3.31. The van der Waals surface area contributed by atoms with Crippen LogP contribution in [0.4, 0.5) is 0 Å². The van der Waals surface area contributed by atoms with Crippen LogP contribution in [0.3, 0.4) is 0 Å². The predicted octanol–water partition coefficient (Wildman–Crippen LogP) is 2.87. The molecule has 0 radical (unpaired) electrons. The zero-order chi connectivity index (χ0) is 15.4. The highest BCUT2D eigenvalue weighted by Crippen LogP contribution is 2.35. The third kappa shape index (κ3) is 3.93. The Morgan fingerprint density at radius 2 is 2.14 bits per heavy atom. The number of rotatable bonds is 6. The van der Waals surface area contributed by atoms with Gasteiger partial charge in [-0.05, 0) is 18.1 Å². The molecule has 0 amide bonds. The molecule has 0 unspecified atom stereocenters. The quantitative estimate of drug-likeness (QED) is 0.620. The number of ether oxygens (including phenoxy) is 1. The lowest BCUT2D eigenvalue weighted by Gasteiger charge is -2.12. The van der Waals surface area contributed by atoms with Crippen molar-refractivity contribution in [1.82, 2.24) is 5.32 Å². The second kappa shape index (κ2) is 8.39. The van der Waals surface area contributed by atoms with Gasteiger partial charge in [-0.1, -0.05) is 18.5 Å². The lowest BCUT2D eigenvalue weighted by atomic mass is 10.0. The highest BCUT2D eigenvalue weighted by molar-refractivity contribution is 6.33. The van der Waals surface area contributed by atoms with Crippen molar-refractivity contribution < 1.29 is 14.3 Å². The Morgan fingerprint density at radius 3 is 2.77 bits per heavy atom. The van der Waals surface area contributed by atoms with Gasteiger partial charge >= 0.3 is 5.63 Å². The summed E-state index contributed by atoms with van der Waals surface area (Å²) in [5.41, 5.74) is 1.28. The SMILES string of the molecule is CCc1cc(=O)oc2c(CNCCOC)c(O)c(Cl)cc12.Cl. The maximum atomic E-state index is 11.7. The number of fused-ring (bicyclic) bond motifs is 1. The minimum Gasteiger partial charge on any atom is -0.506 e. The number of hydrogen-bond donors (Lipinski definition) is 2. The molecule has 0 saturated heterocycles. The summed E-state index contributed by atoms with van der Waals surface area (Å²) in [6.07, 6.45) is 0.680. The molecule has 0 saturated carbocycles. The summed E-state index contributed by atoms with van der Waals surface area (Å²) in [4.78, 5) is 11.7. The Bertz CT molecular complexity index is 700. The monoisotopic (exact) mass is 347 g/mol. The fourth-order valence-electron chi connectivity index (χ4n) is 2.22. The fourth-order valence-corrected chi connectivity index (χ4v) is 2.45. The molecule has 0 atom stereocenters. The highest BCUT2D eigenvalue weighted by Gasteiger charge is 2.16. The minimum absolute atomic E-state index is 0. The van der Waals surface area contributed by atoms with Gasteiger partial charge in [0.1, 0.15) is 11.3 Å². The van der Waals surface area contributed by atoms with Gasteiger partial charge in [0.05, 0.1) is 17.2 Å². The van der Waals surface area contributed by atoms with Crippen LogP contribution >= 0.6 is 24.0 Å². The predicted molar refractivity (Wildman–Crippen MR) is 89.4 cm³/mol. The smallest absolute Gasteiger partial charge is 0.336 e. The summed E-state index contributed by atoms with van der Waals surface area (Å²) in [5, 5.41) is 14.3. The van der Waals surface area contributed by atoms with Crippen molar-refractivity contribution in [3.8, 4) is 5.75 Å². The van der Waals surface area contributed by atoms with Crippen LogP contribution in [0.1, 0.15) is 18.1 Å². The molecule has 2 rings (SSSR count). The molecule has 22 heavy (non-hydrogen) atoms. The van der Waals surface area contributed by atoms with Crippen molar-refractivity contribution in [2.24, 2.45) is 0 Å². The van der Waals surface area contributed by atoms with Crippen LogP contribution in [-0.4, -0.2) is 25.4 Å². The standard InChI is InChI=1S/C15H18ClNO4.ClH/c1-3-9-6-13(18)21-15-10(9)7-12(16)14(19)11(15)8-17-4-5-20-2;/h6-7,17,19H,3-5,8H2,1-2H3;1H. The number of aryl methyl sites for hydroxylation is 1. The van der Waals surface area contributed by atoms with Crippen LogP contribution in [0.5, 0.6) is 5.75 Å². The number of benzene rings is 1. The van der Waals surface area contributed by atoms with Crippen LogP contribution in [-0.2, 0) is 17.7 Å². The molecule has 7 heteroatoms. The van der Waals surface area contributed by atoms with E-state index in [1.54, 1.807) is 13.2 Å². The minimum atomic E-state index is -0.431. The van der Waals surface area contributed by atoms with Crippen LogP contribution in [0, 0.1) is 0 Å². The molecular formula is C15H19Cl2NO4. The average Bonchev–Trinajstić information content (AvgIpc) is 2.47. The summed E-state index contributed by atoms with van der Waals surface area (Å²) >= 11 is 6.08. The van der Waals surface area contributed by atoms with Crippen molar-refractivity contribution in [2.45, 2.75) is 19.9 Å². The number of methoxy groups -OCH3 is 1. The summed E-state index contributed by atoms with van der Waals surface area (Å²) in [7, 11) is 1.61. The van der Waals surface area contributed by atoms with Gasteiger partial charge in [0.15, 0.2) is 0 Å². The van der Waals surface area contributed by atoms with Gasteiger partial charge in [0.2, 0.25) is 0 Å².